The fourth-order valence-corrected chi connectivity index (χ4v) is 1.74. The molecule has 13 heavy (non-hydrogen) atoms. The Labute approximate surface area is 79.4 Å². The highest BCUT2D eigenvalue weighted by Crippen LogP contribution is 2.27. The zero-order valence-electron chi connectivity index (χ0n) is 8.41. The largest absolute Gasteiger partial charge is 0.375 e. The van der Waals surface area contributed by atoms with Crippen LogP contribution >= 0.6 is 0 Å². The number of hydrogen-bond donors (Lipinski definition) is 0. The summed E-state index contributed by atoms with van der Waals surface area (Å²) in [6.07, 6.45) is 3.67. The lowest BCUT2D eigenvalue weighted by atomic mass is 9.90. The van der Waals surface area contributed by atoms with Gasteiger partial charge in [0.2, 0.25) is 0 Å². The average Bonchev–Trinajstić information content (AvgIpc) is 2.19. The van der Waals surface area contributed by atoms with E-state index in [0.29, 0.717) is 13.2 Å². The topological polar surface area (TPSA) is 35.5 Å². The quantitative estimate of drug-likeness (QED) is 0.625. The first-order chi connectivity index (χ1) is 6.25. The Morgan fingerprint density at radius 1 is 1.62 bits per heavy atom. The lowest BCUT2D eigenvalue weighted by Gasteiger charge is -2.36. The summed E-state index contributed by atoms with van der Waals surface area (Å²) in [6.45, 7) is 5.14. The van der Waals surface area contributed by atoms with E-state index in [4.69, 9.17) is 9.47 Å². The monoisotopic (exact) mass is 186 g/mol. The van der Waals surface area contributed by atoms with Gasteiger partial charge in [-0.3, -0.25) is 0 Å². The van der Waals surface area contributed by atoms with E-state index < -0.39 is 5.60 Å². The minimum absolute atomic E-state index is 0.129. The van der Waals surface area contributed by atoms with Crippen LogP contribution in [-0.2, 0) is 14.3 Å². The van der Waals surface area contributed by atoms with Gasteiger partial charge in [0.25, 0.3) is 0 Å². The second-order valence-corrected chi connectivity index (χ2v) is 3.48. The number of hydrogen-bond acceptors (Lipinski definition) is 3. The van der Waals surface area contributed by atoms with E-state index >= 15 is 0 Å². The normalized spacial score (nSPS) is 31.2. The van der Waals surface area contributed by atoms with Crippen LogP contribution in [0, 0.1) is 0 Å². The highest BCUT2D eigenvalue weighted by atomic mass is 16.6. The highest BCUT2D eigenvalue weighted by Gasteiger charge is 2.39. The van der Waals surface area contributed by atoms with Crippen molar-refractivity contribution in [2.75, 3.05) is 13.2 Å². The first-order valence-corrected chi connectivity index (χ1v) is 4.97. The molecule has 0 N–H and O–H groups in total. The minimum atomic E-state index is -0.672. The third-order valence-electron chi connectivity index (χ3n) is 2.64. The Morgan fingerprint density at radius 2 is 2.38 bits per heavy atom. The molecule has 0 saturated carbocycles. The minimum Gasteiger partial charge on any atom is -0.375 e. The van der Waals surface area contributed by atoms with E-state index in [-0.39, 0.29) is 6.10 Å². The fraction of sp³-hybridized carbons (Fsp3) is 0.900. The molecular formula is C10H18O3. The number of carbonyl (C=O) groups is 1. The standard InChI is InChI=1S/C10H18O3/c1-3-12-9(2)10(8-11)6-4-5-7-13-10/h8-9H,3-7H2,1-2H3. The van der Waals surface area contributed by atoms with Crippen molar-refractivity contribution < 1.29 is 14.3 Å². The van der Waals surface area contributed by atoms with Gasteiger partial charge < -0.3 is 14.3 Å². The Hall–Kier alpha value is -0.410. The van der Waals surface area contributed by atoms with Crippen molar-refractivity contribution in [1.82, 2.24) is 0 Å². The zero-order chi connectivity index (χ0) is 9.73. The van der Waals surface area contributed by atoms with Gasteiger partial charge in [-0.05, 0) is 33.1 Å². The maximum Gasteiger partial charge on any atom is 0.154 e. The van der Waals surface area contributed by atoms with Crippen molar-refractivity contribution in [3.8, 4) is 0 Å². The molecule has 0 spiro atoms. The first-order valence-electron chi connectivity index (χ1n) is 4.97. The molecule has 0 aromatic rings. The highest BCUT2D eigenvalue weighted by molar-refractivity contribution is 5.63. The molecule has 2 unspecified atom stereocenters. The molecule has 0 amide bonds. The van der Waals surface area contributed by atoms with Gasteiger partial charge in [0.05, 0.1) is 6.10 Å². The van der Waals surface area contributed by atoms with Crippen molar-refractivity contribution >= 4 is 6.29 Å². The van der Waals surface area contributed by atoms with Gasteiger partial charge in [-0.15, -0.1) is 0 Å². The lowest BCUT2D eigenvalue weighted by Crippen LogP contribution is -2.48. The van der Waals surface area contributed by atoms with Gasteiger partial charge in [0.1, 0.15) is 5.60 Å². The van der Waals surface area contributed by atoms with Crippen LogP contribution in [0.25, 0.3) is 0 Å². The second-order valence-electron chi connectivity index (χ2n) is 3.48. The molecule has 0 aromatic heterocycles. The molecule has 0 aromatic carbocycles. The predicted molar refractivity (Wildman–Crippen MR) is 49.7 cm³/mol. The molecule has 76 valence electrons. The van der Waals surface area contributed by atoms with E-state index in [2.05, 4.69) is 0 Å². The number of ether oxygens (including phenoxy) is 2. The molecule has 1 saturated heterocycles. The Kier molecular flexibility index (Phi) is 3.88. The van der Waals surface area contributed by atoms with Crippen LogP contribution in [0.4, 0.5) is 0 Å². The van der Waals surface area contributed by atoms with Crippen LogP contribution in [0.15, 0.2) is 0 Å². The van der Waals surface area contributed by atoms with E-state index in [0.717, 1.165) is 25.5 Å². The van der Waals surface area contributed by atoms with Crippen LogP contribution in [0.5, 0.6) is 0 Å². The van der Waals surface area contributed by atoms with Crippen LogP contribution in [-0.4, -0.2) is 31.2 Å². The van der Waals surface area contributed by atoms with Gasteiger partial charge in [0, 0.05) is 13.2 Å². The first kappa shape index (κ1) is 10.7. The van der Waals surface area contributed by atoms with Gasteiger partial charge in [-0.1, -0.05) is 0 Å². The van der Waals surface area contributed by atoms with Crippen molar-refractivity contribution in [3.05, 3.63) is 0 Å². The molecule has 1 aliphatic heterocycles. The van der Waals surface area contributed by atoms with Crippen LogP contribution in [0.1, 0.15) is 33.1 Å². The van der Waals surface area contributed by atoms with E-state index in [9.17, 15) is 4.79 Å². The summed E-state index contributed by atoms with van der Waals surface area (Å²) >= 11 is 0. The molecule has 0 aliphatic carbocycles. The van der Waals surface area contributed by atoms with E-state index in [1.54, 1.807) is 0 Å². The molecule has 3 heteroatoms. The average molecular weight is 186 g/mol. The molecule has 2 atom stereocenters. The molecule has 1 fully saturated rings. The summed E-state index contributed by atoms with van der Waals surface area (Å²) in [5, 5.41) is 0. The van der Waals surface area contributed by atoms with Gasteiger partial charge >= 0.3 is 0 Å². The molecular weight excluding hydrogens is 168 g/mol. The molecule has 1 aliphatic rings. The predicted octanol–water partition coefficient (Wildman–Crippen LogP) is 1.55. The molecule has 1 rings (SSSR count). The Balaban J connectivity index is 2.60. The lowest BCUT2D eigenvalue weighted by molar-refractivity contribution is -0.166. The molecule has 0 bridgehead atoms. The molecule has 1 heterocycles. The van der Waals surface area contributed by atoms with Crippen LogP contribution in [0.2, 0.25) is 0 Å². The van der Waals surface area contributed by atoms with E-state index in [1.807, 2.05) is 13.8 Å². The van der Waals surface area contributed by atoms with Crippen molar-refractivity contribution in [2.45, 2.75) is 44.8 Å². The number of aldehydes is 1. The summed E-state index contributed by atoms with van der Waals surface area (Å²) in [5.74, 6) is 0. The molecule has 3 nitrogen and oxygen atoms in total. The van der Waals surface area contributed by atoms with Gasteiger partial charge in [-0.2, -0.15) is 0 Å². The number of carbonyl (C=O) groups excluding carboxylic acids is 1. The van der Waals surface area contributed by atoms with Gasteiger partial charge in [0.15, 0.2) is 6.29 Å². The van der Waals surface area contributed by atoms with Crippen molar-refractivity contribution in [3.63, 3.8) is 0 Å². The van der Waals surface area contributed by atoms with Crippen molar-refractivity contribution in [2.24, 2.45) is 0 Å². The third-order valence-corrected chi connectivity index (χ3v) is 2.64. The summed E-state index contributed by atoms with van der Waals surface area (Å²) in [6, 6.07) is 0. The van der Waals surface area contributed by atoms with Crippen molar-refractivity contribution in [1.29, 1.82) is 0 Å². The summed E-state index contributed by atoms with van der Waals surface area (Å²) < 4.78 is 11.0. The summed E-state index contributed by atoms with van der Waals surface area (Å²) in [5.41, 5.74) is -0.672. The van der Waals surface area contributed by atoms with E-state index in [1.165, 1.54) is 0 Å². The second kappa shape index (κ2) is 4.72. The summed E-state index contributed by atoms with van der Waals surface area (Å²) in [7, 11) is 0. The maximum atomic E-state index is 11.0. The van der Waals surface area contributed by atoms with Gasteiger partial charge in [-0.25, -0.2) is 0 Å². The Bertz CT molecular complexity index is 162. The third kappa shape index (κ3) is 2.29. The smallest absolute Gasteiger partial charge is 0.154 e. The fourth-order valence-electron chi connectivity index (χ4n) is 1.74. The van der Waals surface area contributed by atoms with Crippen LogP contribution < -0.4 is 0 Å². The maximum absolute atomic E-state index is 11.0. The number of rotatable bonds is 4. The zero-order valence-corrected chi connectivity index (χ0v) is 8.41. The Morgan fingerprint density at radius 3 is 2.85 bits per heavy atom. The summed E-state index contributed by atoms with van der Waals surface area (Å²) in [4.78, 5) is 11.0. The van der Waals surface area contributed by atoms with Crippen LogP contribution in [0.3, 0.4) is 0 Å². The molecule has 0 radical (unpaired) electrons. The SMILES string of the molecule is CCOC(C)C1(C=O)CCCCO1.